The van der Waals surface area contributed by atoms with Crippen molar-refractivity contribution in [1.82, 2.24) is 10.6 Å². The molecule has 0 saturated heterocycles. The summed E-state index contributed by atoms with van der Waals surface area (Å²) < 4.78 is 0. The third-order valence-electron chi connectivity index (χ3n) is 4.97. The van der Waals surface area contributed by atoms with E-state index < -0.39 is 0 Å². The van der Waals surface area contributed by atoms with Crippen LogP contribution in [0.2, 0.25) is 0 Å². The Morgan fingerprint density at radius 1 is 0.684 bits per heavy atom. The predicted octanol–water partition coefficient (Wildman–Crippen LogP) is 1.99. The zero-order chi connectivity index (χ0) is 13.5. The lowest BCUT2D eigenvalue weighted by Crippen LogP contribution is -2.34. The average molecular weight is 266 g/mol. The molecule has 2 amide bonds. The number of hydrogen-bond acceptors (Lipinski definition) is 2. The van der Waals surface area contributed by atoms with Crippen LogP contribution in [0.5, 0.6) is 0 Å². The fourth-order valence-corrected chi connectivity index (χ4v) is 3.79. The largest absolute Gasteiger partial charge is 0.356 e. The van der Waals surface area contributed by atoms with Crippen LogP contribution < -0.4 is 10.6 Å². The first kappa shape index (κ1) is 14.4. The summed E-state index contributed by atoms with van der Waals surface area (Å²) in [6.45, 7) is 0. The molecule has 0 bridgehead atoms. The summed E-state index contributed by atoms with van der Waals surface area (Å²) in [5.41, 5.74) is 0. The van der Waals surface area contributed by atoms with Gasteiger partial charge in [0.15, 0.2) is 0 Å². The van der Waals surface area contributed by atoms with E-state index in [1.54, 1.807) is 0 Å². The van der Waals surface area contributed by atoms with E-state index in [-0.39, 0.29) is 0 Å². The predicted molar refractivity (Wildman–Crippen MR) is 74.5 cm³/mol. The van der Waals surface area contributed by atoms with Crippen molar-refractivity contribution in [1.29, 1.82) is 0 Å². The zero-order valence-electron chi connectivity index (χ0n) is 11.6. The molecule has 2 N–H and O–H groups in total. The van der Waals surface area contributed by atoms with E-state index >= 15 is 0 Å². The first-order valence-electron chi connectivity index (χ1n) is 7.71. The maximum absolute atomic E-state index is 10.4. The van der Waals surface area contributed by atoms with Gasteiger partial charge >= 0.3 is 0 Å². The Hall–Kier alpha value is -1.06. The Kier molecular flexibility index (Phi) is 5.67. The number of carbonyl (C=O) groups is 2. The van der Waals surface area contributed by atoms with Gasteiger partial charge in [-0.3, -0.25) is 9.59 Å². The van der Waals surface area contributed by atoms with Gasteiger partial charge in [0.2, 0.25) is 12.8 Å². The van der Waals surface area contributed by atoms with E-state index in [0.29, 0.717) is 12.1 Å². The lowest BCUT2D eigenvalue weighted by atomic mass is 9.76. The van der Waals surface area contributed by atoms with Gasteiger partial charge in [-0.2, -0.15) is 0 Å². The maximum atomic E-state index is 10.4. The summed E-state index contributed by atoms with van der Waals surface area (Å²) in [5.74, 6) is 1.70. The number of hydrogen-bond donors (Lipinski definition) is 2. The van der Waals surface area contributed by atoms with Crippen LogP contribution in [0.4, 0.5) is 0 Å². The molecule has 0 unspecified atom stereocenters. The highest BCUT2D eigenvalue weighted by atomic mass is 16.1. The highest BCUT2D eigenvalue weighted by Gasteiger charge is 2.26. The molecule has 2 aliphatic carbocycles. The molecular weight excluding hydrogens is 240 g/mol. The second-order valence-corrected chi connectivity index (χ2v) is 6.24. The highest BCUT2D eigenvalue weighted by molar-refractivity contribution is 5.46. The molecule has 0 atom stereocenters. The average Bonchev–Trinajstić information content (AvgIpc) is 2.44. The molecule has 108 valence electrons. The minimum absolute atomic E-state index is 0.418. The molecule has 0 heterocycles. The van der Waals surface area contributed by atoms with Crippen molar-refractivity contribution in [3.8, 4) is 0 Å². The number of amides is 2. The van der Waals surface area contributed by atoms with Gasteiger partial charge in [-0.1, -0.05) is 0 Å². The Balaban J connectivity index is 1.64. The maximum Gasteiger partial charge on any atom is 0.207 e. The van der Waals surface area contributed by atoms with E-state index in [2.05, 4.69) is 10.6 Å². The summed E-state index contributed by atoms with van der Waals surface area (Å²) in [5, 5.41) is 5.81. The van der Waals surface area contributed by atoms with Crippen LogP contribution >= 0.6 is 0 Å². The Morgan fingerprint density at radius 2 is 1.05 bits per heavy atom. The van der Waals surface area contributed by atoms with Crippen molar-refractivity contribution in [2.45, 2.75) is 69.9 Å². The molecular formula is C15H26N2O2. The topological polar surface area (TPSA) is 58.2 Å². The van der Waals surface area contributed by atoms with Crippen molar-refractivity contribution >= 4 is 12.8 Å². The molecule has 2 fully saturated rings. The van der Waals surface area contributed by atoms with Crippen molar-refractivity contribution in [2.24, 2.45) is 11.8 Å². The Bertz CT molecular complexity index is 252. The highest BCUT2D eigenvalue weighted by Crippen LogP contribution is 2.35. The monoisotopic (exact) mass is 266 g/mol. The smallest absolute Gasteiger partial charge is 0.207 e. The molecule has 4 nitrogen and oxygen atoms in total. The van der Waals surface area contributed by atoms with Crippen molar-refractivity contribution < 1.29 is 9.59 Å². The van der Waals surface area contributed by atoms with Crippen LogP contribution in [-0.4, -0.2) is 24.9 Å². The Labute approximate surface area is 115 Å². The summed E-state index contributed by atoms with van der Waals surface area (Å²) in [6, 6.07) is 0.836. The van der Waals surface area contributed by atoms with Gasteiger partial charge in [-0.25, -0.2) is 0 Å². The summed E-state index contributed by atoms with van der Waals surface area (Å²) in [4.78, 5) is 20.8. The molecule has 2 rings (SSSR count). The molecule has 2 aliphatic rings. The van der Waals surface area contributed by atoms with E-state index in [9.17, 15) is 9.59 Å². The third kappa shape index (κ3) is 4.51. The summed E-state index contributed by atoms with van der Waals surface area (Å²) in [7, 11) is 0. The minimum atomic E-state index is 0.418. The Morgan fingerprint density at radius 3 is 1.37 bits per heavy atom. The second kappa shape index (κ2) is 7.51. The lowest BCUT2D eigenvalue weighted by molar-refractivity contribution is -0.111. The van der Waals surface area contributed by atoms with Gasteiger partial charge in [-0.05, 0) is 69.6 Å². The molecule has 0 aromatic heterocycles. The van der Waals surface area contributed by atoms with E-state index in [4.69, 9.17) is 0 Å². The van der Waals surface area contributed by atoms with Crippen molar-refractivity contribution in [3.63, 3.8) is 0 Å². The number of rotatable bonds is 6. The quantitative estimate of drug-likeness (QED) is 0.722. The van der Waals surface area contributed by atoms with Gasteiger partial charge in [0, 0.05) is 12.1 Å². The van der Waals surface area contributed by atoms with Gasteiger partial charge in [0.1, 0.15) is 0 Å². The molecule has 0 aromatic carbocycles. The fraction of sp³-hybridized carbons (Fsp3) is 0.867. The number of nitrogens with one attached hydrogen (secondary N) is 2. The zero-order valence-corrected chi connectivity index (χ0v) is 11.6. The fourth-order valence-electron chi connectivity index (χ4n) is 3.79. The first-order valence-corrected chi connectivity index (χ1v) is 7.71. The minimum Gasteiger partial charge on any atom is -0.356 e. The van der Waals surface area contributed by atoms with Gasteiger partial charge in [0.25, 0.3) is 0 Å². The van der Waals surface area contributed by atoms with Gasteiger partial charge in [-0.15, -0.1) is 0 Å². The standard InChI is InChI=1S/C15H26N2O2/c18-10-16-14-5-1-12(2-6-14)9-13-3-7-15(8-4-13)17-11-19/h10-15H,1-9H2,(H,16,18)(H,17,19). The van der Waals surface area contributed by atoms with Crippen LogP contribution in [0.25, 0.3) is 0 Å². The van der Waals surface area contributed by atoms with E-state index in [0.717, 1.165) is 50.3 Å². The van der Waals surface area contributed by atoms with E-state index in [1.165, 1.54) is 32.1 Å². The van der Waals surface area contributed by atoms with Crippen molar-refractivity contribution in [3.05, 3.63) is 0 Å². The van der Waals surface area contributed by atoms with Crippen molar-refractivity contribution in [2.75, 3.05) is 0 Å². The third-order valence-corrected chi connectivity index (χ3v) is 4.97. The van der Waals surface area contributed by atoms with Gasteiger partial charge < -0.3 is 10.6 Å². The van der Waals surface area contributed by atoms with Crippen LogP contribution in [0, 0.1) is 11.8 Å². The molecule has 0 radical (unpaired) electrons. The van der Waals surface area contributed by atoms with Crippen LogP contribution in [0.15, 0.2) is 0 Å². The lowest BCUT2D eigenvalue weighted by Gasteiger charge is -2.33. The van der Waals surface area contributed by atoms with E-state index in [1.807, 2.05) is 0 Å². The normalized spacial score (nSPS) is 35.4. The molecule has 0 aliphatic heterocycles. The molecule has 2 saturated carbocycles. The SMILES string of the molecule is O=CNC1CCC(CC2CCC(NC=O)CC2)CC1. The van der Waals surface area contributed by atoms with Gasteiger partial charge in [0.05, 0.1) is 0 Å². The number of carbonyl (C=O) groups excluding carboxylic acids is 2. The van der Waals surface area contributed by atoms with Crippen LogP contribution in [-0.2, 0) is 9.59 Å². The molecule has 0 aromatic rings. The molecule has 4 heteroatoms. The summed E-state index contributed by atoms with van der Waals surface area (Å²) >= 11 is 0. The van der Waals surface area contributed by atoms with Crippen LogP contribution in [0.1, 0.15) is 57.8 Å². The first-order chi connectivity index (χ1) is 9.31. The second-order valence-electron chi connectivity index (χ2n) is 6.24. The molecule has 19 heavy (non-hydrogen) atoms. The summed E-state index contributed by atoms with van der Waals surface area (Å²) in [6.07, 6.45) is 12.7. The molecule has 0 spiro atoms. The van der Waals surface area contributed by atoms with Crippen LogP contribution in [0.3, 0.4) is 0 Å².